The second kappa shape index (κ2) is 17.2. The lowest BCUT2D eigenvalue weighted by Crippen LogP contribution is -2.19. The second-order valence-electron chi connectivity index (χ2n) is 5.21. The SMILES string of the molecule is O=CNCCOC(=O)CCCCCCCCC(=O)OCCNC=O. The van der Waals surface area contributed by atoms with Gasteiger partial charge in [0.25, 0.3) is 0 Å². The first kappa shape index (κ1) is 21.9. The fourth-order valence-corrected chi connectivity index (χ4v) is 1.96. The topological polar surface area (TPSA) is 111 Å². The largest absolute Gasteiger partial charge is 0.464 e. The number of carbonyl (C=O) groups is 4. The molecule has 0 saturated carbocycles. The third-order valence-electron chi connectivity index (χ3n) is 3.20. The lowest BCUT2D eigenvalue weighted by Gasteiger charge is -2.05. The van der Waals surface area contributed by atoms with Crippen LogP contribution in [0.4, 0.5) is 0 Å². The maximum Gasteiger partial charge on any atom is 0.305 e. The van der Waals surface area contributed by atoms with E-state index in [2.05, 4.69) is 10.6 Å². The maximum absolute atomic E-state index is 11.3. The fraction of sp³-hybridized carbons (Fsp3) is 0.750. The van der Waals surface area contributed by atoms with Crippen molar-refractivity contribution < 1.29 is 28.7 Å². The van der Waals surface area contributed by atoms with Gasteiger partial charge in [0.05, 0.1) is 13.1 Å². The minimum atomic E-state index is -0.241. The van der Waals surface area contributed by atoms with E-state index in [4.69, 9.17) is 9.47 Å². The van der Waals surface area contributed by atoms with E-state index < -0.39 is 0 Å². The third kappa shape index (κ3) is 16.3. The van der Waals surface area contributed by atoms with Gasteiger partial charge in [-0.2, -0.15) is 0 Å². The number of carbonyl (C=O) groups excluding carboxylic acids is 4. The Morgan fingerprint density at radius 1 is 0.667 bits per heavy atom. The van der Waals surface area contributed by atoms with Crippen molar-refractivity contribution in [3.05, 3.63) is 0 Å². The number of hydrogen-bond acceptors (Lipinski definition) is 6. The summed E-state index contributed by atoms with van der Waals surface area (Å²) in [6.07, 6.45) is 7.41. The molecule has 0 bridgehead atoms. The molecule has 0 rings (SSSR count). The van der Waals surface area contributed by atoms with E-state index in [1.54, 1.807) is 0 Å². The Bertz CT molecular complexity index is 328. The molecule has 0 aromatic heterocycles. The zero-order valence-electron chi connectivity index (χ0n) is 14.1. The third-order valence-corrected chi connectivity index (χ3v) is 3.20. The molecule has 0 spiro atoms. The van der Waals surface area contributed by atoms with Crippen LogP contribution in [-0.2, 0) is 28.7 Å². The maximum atomic E-state index is 11.3. The Kier molecular flexibility index (Phi) is 15.7. The summed E-state index contributed by atoms with van der Waals surface area (Å²) in [4.78, 5) is 42.6. The van der Waals surface area contributed by atoms with E-state index in [1.807, 2.05) is 0 Å². The van der Waals surface area contributed by atoms with Gasteiger partial charge in [0.1, 0.15) is 13.2 Å². The van der Waals surface area contributed by atoms with Crippen LogP contribution in [0.2, 0.25) is 0 Å². The Labute approximate surface area is 142 Å². The van der Waals surface area contributed by atoms with Crippen molar-refractivity contribution in [2.75, 3.05) is 26.3 Å². The summed E-state index contributed by atoms with van der Waals surface area (Å²) in [6.45, 7) is 1.09. The van der Waals surface area contributed by atoms with Gasteiger partial charge in [0.15, 0.2) is 0 Å². The lowest BCUT2D eigenvalue weighted by molar-refractivity contribution is -0.144. The summed E-state index contributed by atoms with van der Waals surface area (Å²) in [7, 11) is 0. The summed E-state index contributed by atoms with van der Waals surface area (Å²) in [5, 5.41) is 4.83. The van der Waals surface area contributed by atoms with Crippen LogP contribution in [0.15, 0.2) is 0 Å². The molecule has 2 N–H and O–H groups in total. The molecule has 24 heavy (non-hydrogen) atoms. The normalized spacial score (nSPS) is 9.83. The van der Waals surface area contributed by atoms with Crippen molar-refractivity contribution in [3.8, 4) is 0 Å². The molecule has 8 nitrogen and oxygen atoms in total. The van der Waals surface area contributed by atoms with Gasteiger partial charge in [-0.1, -0.05) is 25.7 Å². The number of ether oxygens (including phenoxy) is 2. The van der Waals surface area contributed by atoms with Crippen molar-refractivity contribution in [3.63, 3.8) is 0 Å². The van der Waals surface area contributed by atoms with Crippen LogP contribution in [0, 0.1) is 0 Å². The number of unbranched alkanes of at least 4 members (excludes halogenated alkanes) is 5. The second-order valence-corrected chi connectivity index (χ2v) is 5.21. The number of amides is 2. The van der Waals surface area contributed by atoms with Gasteiger partial charge in [0, 0.05) is 12.8 Å². The predicted molar refractivity (Wildman–Crippen MR) is 87.0 cm³/mol. The molecule has 8 heteroatoms. The molecular weight excluding hydrogens is 316 g/mol. The molecule has 0 aliphatic rings. The van der Waals surface area contributed by atoms with Crippen LogP contribution in [0.25, 0.3) is 0 Å². The zero-order chi connectivity index (χ0) is 17.9. The summed E-state index contributed by atoms with van der Waals surface area (Å²) >= 11 is 0. The van der Waals surface area contributed by atoms with E-state index in [0.29, 0.717) is 38.8 Å². The highest BCUT2D eigenvalue weighted by Crippen LogP contribution is 2.09. The smallest absolute Gasteiger partial charge is 0.305 e. The fourth-order valence-electron chi connectivity index (χ4n) is 1.96. The molecular formula is C16H28N2O6. The van der Waals surface area contributed by atoms with Gasteiger partial charge in [0.2, 0.25) is 12.8 Å². The highest BCUT2D eigenvalue weighted by molar-refractivity contribution is 5.69. The van der Waals surface area contributed by atoms with Gasteiger partial charge in [-0.25, -0.2) is 0 Å². The number of esters is 2. The molecule has 0 heterocycles. The molecule has 0 aromatic carbocycles. The molecule has 0 aliphatic heterocycles. The number of rotatable bonds is 17. The summed E-state index contributed by atoms with van der Waals surface area (Å²) in [5.41, 5.74) is 0. The Balaban J connectivity index is 3.27. The highest BCUT2D eigenvalue weighted by Gasteiger charge is 2.03. The molecule has 2 amide bonds. The minimum absolute atomic E-state index is 0.207. The van der Waals surface area contributed by atoms with Crippen molar-refractivity contribution in [2.45, 2.75) is 51.4 Å². The lowest BCUT2D eigenvalue weighted by atomic mass is 10.1. The molecule has 0 saturated heterocycles. The van der Waals surface area contributed by atoms with Crippen LogP contribution in [0.5, 0.6) is 0 Å². The van der Waals surface area contributed by atoms with Gasteiger partial charge < -0.3 is 20.1 Å². The van der Waals surface area contributed by atoms with Crippen LogP contribution in [-0.4, -0.2) is 51.1 Å². The van der Waals surface area contributed by atoms with Crippen molar-refractivity contribution >= 4 is 24.8 Å². The Morgan fingerprint density at radius 3 is 1.42 bits per heavy atom. The predicted octanol–water partition coefficient (Wildman–Crippen LogP) is 0.686. The van der Waals surface area contributed by atoms with Crippen LogP contribution in [0.3, 0.4) is 0 Å². The van der Waals surface area contributed by atoms with Gasteiger partial charge >= 0.3 is 11.9 Å². The molecule has 0 unspecified atom stereocenters. The van der Waals surface area contributed by atoms with E-state index in [0.717, 1.165) is 38.5 Å². The summed E-state index contributed by atoms with van der Waals surface area (Å²) in [6, 6.07) is 0. The minimum Gasteiger partial charge on any atom is -0.464 e. The van der Waals surface area contributed by atoms with Gasteiger partial charge in [-0.3, -0.25) is 19.2 Å². The average Bonchev–Trinajstić information content (AvgIpc) is 2.58. The van der Waals surface area contributed by atoms with Crippen molar-refractivity contribution in [1.29, 1.82) is 0 Å². The number of nitrogens with one attached hydrogen (secondary N) is 2. The summed E-state index contributed by atoms with van der Waals surface area (Å²) in [5.74, 6) is -0.482. The van der Waals surface area contributed by atoms with Crippen molar-refractivity contribution in [2.24, 2.45) is 0 Å². The van der Waals surface area contributed by atoms with Crippen LogP contribution >= 0.6 is 0 Å². The molecule has 138 valence electrons. The molecule has 0 radical (unpaired) electrons. The van der Waals surface area contributed by atoms with E-state index in [9.17, 15) is 19.2 Å². The quantitative estimate of drug-likeness (QED) is 0.228. The van der Waals surface area contributed by atoms with Crippen molar-refractivity contribution in [1.82, 2.24) is 10.6 Å². The monoisotopic (exact) mass is 344 g/mol. The van der Waals surface area contributed by atoms with Gasteiger partial charge in [-0.15, -0.1) is 0 Å². The Morgan fingerprint density at radius 2 is 1.04 bits per heavy atom. The first-order valence-corrected chi connectivity index (χ1v) is 8.36. The van der Waals surface area contributed by atoms with E-state index >= 15 is 0 Å². The standard InChI is InChI=1S/C16H28N2O6/c19-13-17-9-11-23-15(21)7-5-3-1-2-4-6-8-16(22)24-12-10-18-14-20/h13-14H,1-12H2,(H,17,19)(H,18,20). The van der Waals surface area contributed by atoms with E-state index in [-0.39, 0.29) is 25.2 Å². The molecule has 0 aromatic rings. The molecule has 0 atom stereocenters. The van der Waals surface area contributed by atoms with E-state index in [1.165, 1.54) is 0 Å². The summed E-state index contributed by atoms with van der Waals surface area (Å²) < 4.78 is 9.86. The van der Waals surface area contributed by atoms with Crippen LogP contribution < -0.4 is 10.6 Å². The first-order chi connectivity index (χ1) is 11.7. The first-order valence-electron chi connectivity index (χ1n) is 8.36. The molecule has 0 fully saturated rings. The zero-order valence-corrected chi connectivity index (χ0v) is 14.1. The average molecular weight is 344 g/mol. The Hall–Kier alpha value is -2.12. The number of hydrogen-bond donors (Lipinski definition) is 2. The van der Waals surface area contributed by atoms with Gasteiger partial charge in [-0.05, 0) is 12.8 Å². The van der Waals surface area contributed by atoms with Crippen LogP contribution in [0.1, 0.15) is 51.4 Å². The molecule has 0 aliphatic carbocycles. The highest BCUT2D eigenvalue weighted by atomic mass is 16.5.